The summed E-state index contributed by atoms with van der Waals surface area (Å²) in [6, 6.07) is 71.0. The van der Waals surface area contributed by atoms with Crippen LogP contribution in [0.2, 0.25) is 0 Å². The number of hydrogen-bond donors (Lipinski definition) is 0. The van der Waals surface area contributed by atoms with Crippen LogP contribution >= 0.6 is 0 Å². The fourth-order valence-electron chi connectivity index (χ4n) is 8.50. The summed E-state index contributed by atoms with van der Waals surface area (Å²) in [5.41, 5.74) is 12.1. The second kappa shape index (κ2) is 11.3. The molecular weight excluding hydrogens is 629 g/mol. The molecular formula is C50H32N2. The molecule has 0 amide bonds. The second-order valence-electron chi connectivity index (χ2n) is 13.8. The highest BCUT2D eigenvalue weighted by atomic mass is 15.0. The van der Waals surface area contributed by atoms with Gasteiger partial charge in [0.05, 0.1) is 27.8 Å². The Hall–Kier alpha value is -6.90. The molecule has 0 saturated carbocycles. The first-order valence-electron chi connectivity index (χ1n) is 17.9. The molecule has 2 nitrogen and oxygen atoms in total. The summed E-state index contributed by atoms with van der Waals surface area (Å²) in [7, 11) is 0. The monoisotopic (exact) mass is 660 g/mol. The Morgan fingerprint density at radius 2 is 0.827 bits per heavy atom. The molecule has 11 aromatic rings. The van der Waals surface area contributed by atoms with E-state index in [9.17, 15) is 0 Å². The molecule has 0 aliphatic heterocycles. The van der Waals surface area contributed by atoms with Crippen molar-refractivity contribution in [2.24, 2.45) is 0 Å². The summed E-state index contributed by atoms with van der Waals surface area (Å²) in [6.07, 6.45) is 0. The Kier molecular flexibility index (Phi) is 6.28. The summed E-state index contributed by atoms with van der Waals surface area (Å²) in [4.78, 5) is 0. The van der Waals surface area contributed by atoms with E-state index in [1.165, 1.54) is 93.1 Å². The quantitative estimate of drug-likeness (QED) is 0.178. The molecule has 9 aromatic carbocycles. The topological polar surface area (TPSA) is 9.86 Å². The molecule has 0 spiro atoms. The number of fused-ring (bicyclic) bond motifs is 9. The van der Waals surface area contributed by atoms with E-state index in [0.717, 1.165) is 5.69 Å². The van der Waals surface area contributed by atoms with Gasteiger partial charge in [0, 0.05) is 32.6 Å². The average molecular weight is 661 g/mol. The summed E-state index contributed by atoms with van der Waals surface area (Å²) in [5.74, 6) is 0. The highest BCUT2D eigenvalue weighted by molar-refractivity contribution is 6.29. The lowest BCUT2D eigenvalue weighted by Gasteiger charge is -2.12. The Morgan fingerprint density at radius 1 is 0.269 bits per heavy atom. The molecule has 11 rings (SSSR count). The van der Waals surface area contributed by atoms with Crippen LogP contribution in [0.5, 0.6) is 0 Å². The van der Waals surface area contributed by atoms with Crippen molar-refractivity contribution in [2.45, 2.75) is 0 Å². The van der Waals surface area contributed by atoms with Crippen molar-refractivity contribution in [1.29, 1.82) is 0 Å². The van der Waals surface area contributed by atoms with Gasteiger partial charge in [-0.2, -0.15) is 0 Å². The van der Waals surface area contributed by atoms with Gasteiger partial charge in [0.25, 0.3) is 0 Å². The molecule has 2 heterocycles. The molecule has 2 heteroatoms. The van der Waals surface area contributed by atoms with E-state index in [1.807, 2.05) is 0 Å². The molecule has 0 bridgehead atoms. The SMILES string of the molecule is c1ccc(-c2ccc3cc(-n4c5ccccc5c5c6c7cc(-c8ccccc8)ccc7n(-c7cccc8ccccc78)c6ccc54)ccc3c2)cc1. The van der Waals surface area contributed by atoms with Gasteiger partial charge in [0.2, 0.25) is 0 Å². The fourth-order valence-corrected chi connectivity index (χ4v) is 8.50. The number of hydrogen-bond acceptors (Lipinski definition) is 0. The molecule has 0 unspecified atom stereocenters. The zero-order valence-corrected chi connectivity index (χ0v) is 28.4. The molecule has 242 valence electrons. The molecule has 2 aromatic heterocycles. The molecule has 0 atom stereocenters. The van der Waals surface area contributed by atoms with E-state index in [-0.39, 0.29) is 0 Å². The van der Waals surface area contributed by atoms with Crippen LogP contribution in [-0.2, 0) is 0 Å². The molecule has 0 radical (unpaired) electrons. The Labute approximate surface area is 301 Å². The first-order valence-corrected chi connectivity index (χ1v) is 17.9. The summed E-state index contributed by atoms with van der Waals surface area (Å²) >= 11 is 0. The minimum Gasteiger partial charge on any atom is -0.309 e. The van der Waals surface area contributed by atoms with Crippen molar-refractivity contribution in [1.82, 2.24) is 9.13 Å². The van der Waals surface area contributed by atoms with Gasteiger partial charge in [0.15, 0.2) is 0 Å². The summed E-state index contributed by atoms with van der Waals surface area (Å²) < 4.78 is 4.93. The van der Waals surface area contributed by atoms with Gasteiger partial charge in [-0.1, -0.05) is 140 Å². The minimum atomic E-state index is 1.16. The van der Waals surface area contributed by atoms with Gasteiger partial charge < -0.3 is 9.13 Å². The predicted octanol–water partition coefficient (Wildman–Crippen LogP) is 13.5. The first kappa shape index (κ1) is 28.9. The van der Waals surface area contributed by atoms with Crippen molar-refractivity contribution in [2.75, 3.05) is 0 Å². The largest absolute Gasteiger partial charge is 0.309 e. The first-order chi connectivity index (χ1) is 25.8. The molecule has 52 heavy (non-hydrogen) atoms. The molecule has 0 aliphatic rings. The summed E-state index contributed by atoms with van der Waals surface area (Å²) in [6.45, 7) is 0. The summed E-state index contributed by atoms with van der Waals surface area (Å²) in [5, 5.41) is 10.0. The fraction of sp³-hybridized carbons (Fsp3) is 0. The van der Waals surface area contributed by atoms with Crippen LogP contribution in [0, 0.1) is 0 Å². The second-order valence-corrected chi connectivity index (χ2v) is 13.8. The van der Waals surface area contributed by atoms with E-state index >= 15 is 0 Å². The number of nitrogens with zero attached hydrogens (tertiary/aromatic N) is 2. The number of para-hydroxylation sites is 1. The van der Waals surface area contributed by atoms with Crippen LogP contribution in [0.25, 0.3) is 98.8 Å². The highest BCUT2D eigenvalue weighted by Crippen LogP contribution is 2.44. The number of rotatable bonds is 4. The van der Waals surface area contributed by atoms with Crippen molar-refractivity contribution in [3.8, 4) is 33.6 Å². The van der Waals surface area contributed by atoms with Crippen molar-refractivity contribution in [3.05, 3.63) is 194 Å². The zero-order chi connectivity index (χ0) is 34.2. The van der Waals surface area contributed by atoms with E-state index < -0.39 is 0 Å². The van der Waals surface area contributed by atoms with Crippen LogP contribution in [0.3, 0.4) is 0 Å². The number of benzene rings is 9. The van der Waals surface area contributed by atoms with Crippen LogP contribution in [0.1, 0.15) is 0 Å². The van der Waals surface area contributed by atoms with Crippen molar-refractivity contribution >= 4 is 65.2 Å². The maximum Gasteiger partial charge on any atom is 0.0549 e. The van der Waals surface area contributed by atoms with Crippen molar-refractivity contribution in [3.63, 3.8) is 0 Å². The van der Waals surface area contributed by atoms with Gasteiger partial charge in [-0.05, 0) is 93.0 Å². The Balaban J connectivity index is 1.22. The van der Waals surface area contributed by atoms with Gasteiger partial charge in [-0.25, -0.2) is 0 Å². The van der Waals surface area contributed by atoms with E-state index in [0.29, 0.717) is 0 Å². The third-order valence-corrected chi connectivity index (χ3v) is 10.9. The smallest absolute Gasteiger partial charge is 0.0549 e. The van der Waals surface area contributed by atoms with Gasteiger partial charge in [-0.15, -0.1) is 0 Å². The van der Waals surface area contributed by atoms with Crippen LogP contribution in [0.4, 0.5) is 0 Å². The van der Waals surface area contributed by atoms with Crippen molar-refractivity contribution < 1.29 is 0 Å². The lowest BCUT2D eigenvalue weighted by atomic mass is 10.0. The standard InChI is InChI=1S/C50H32N2/c1-3-12-33(13-4-1)36-22-23-38-31-40(26-24-37(38)30-36)51-45-20-10-9-19-42(45)49-47(51)28-29-48-50(49)43-32-39(34-14-5-2-6-15-34)25-27-46(43)52(48)44-21-11-17-35-16-7-8-18-41(35)44/h1-32H. The van der Waals surface area contributed by atoms with Crippen LogP contribution in [0.15, 0.2) is 194 Å². The third kappa shape index (κ3) is 4.31. The molecule has 0 saturated heterocycles. The lowest BCUT2D eigenvalue weighted by Crippen LogP contribution is -1.96. The third-order valence-electron chi connectivity index (χ3n) is 10.9. The molecule has 0 fully saturated rings. The highest BCUT2D eigenvalue weighted by Gasteiger charge is 2.22. The van der Waals surface area contributed by atoms with E-state index in [4.69, 9.17) is 0 Å². The van der Waals surface area contributed by atoms with E-state index in [1.54, 1.807) is 0 Å². The lowest BCUT2D eigenvalue weighted by molar-refractivity contribution is 1.18. The van der Waals surface area contributed by atoms with E-state index in [2.05, 4.69) is 203 Å². The van der Waals surface area contributed by atoms with Gasteiger partial charge in [0.1, 0.15) is 0 Å². The number of aromatic nitrogens is 2. The van der Waals surface area contributed by atoms with Gasteiger partial charge >= 0.3 is 0 Å². The maximum atomic E-state index is 2.48. The Bertz CT molecular complexity index is 3160. The van der Waals surface area contributed by atoms with Crippen LogP contribution in [-0.4, -0.2) is 9.13 Å². The zero-order valence-electron chi connectivity index (χ0n) is 28.4. The Morgan fingerprint density at radius 3 is 1.63 bits per heavy atom. The molecule has 0 aliphatic carbocycles. The van der Waals surface area contributed by atoms with Crippen LogP contribution < -0.4 is 0 Å². The average Bonchev–Trinajstić information content (AvgIpc) is 3.73. The normalized spacial score (nSPS) is 11.8. The van der Waals surface area contributed by atoms with Gasteiger partial charge in [-0.3, -0.25) is 0 Å². The minimum absolute atomic E-state index is 1.16. The maximum absolute atomic E-state index is 2.48. The predicted molar refractivity (Wildman–Crippen MR) is 221 cm³/mol. The molecule has 0 N–H and O–H groups in total.